The lowest BCUT2D eigenvalue weighted by Gasteiger charge is -2.32. The smallest absolute Gasteiger partial charge is 0.117 e. The zero-order valence-corrected chi connectivity index (χ0v) is 8.70. The average molecular weight is 194 g/mol. The molecule has 1 aliphatic rings. The normalized spacial score (nSPS) is 17.3. The SMILES string of the molecule is CCN(Cc1ccco1)CC1CNC1. The molecule has 0 aromatic carbocycles. The Kier molecular flexibility index (Phi) is 3.22. The summed E-state index contributed by atoms with van der Waals surface area (Å²) in [6.07, 6.45) is 1.74. The standard InChI is InChI=1S/C11H18N2O/c1-2-13(8-10-6-12-7-10)9-11-4-3-5-14-11/h3-5,10,12H,2,6-9H2,1H3. The van der Waals surface area contributed by atoms with Crippen LogP contribution in [0.15, 0.2) is 22.8 Å². The number of furan rings is 1. The topological polar surface area (TPSA) is 28.4 Å². The lowest BCUT2D eigenvalue weighted by atomic mass is 10.0. The molecule has 1 aliphatic heterocycles. The number of rotatable bonds is 5. The van der Waals surface area contributed by atoms with Gasteiger partial charge in [0.2, 0.25) is 0 Å². The van der Waals surface area contributed by atoms with Crippen molar-refractivity contribution in [1.29, 1.82) is 0 Å². The summed E-state index contributed by atoms with van der Waals surface area (Å²) in [5.74, 6) is 1.91. The van der Waals surface area contributed by atoms with E-state index in [2.05, 4.69) is 17.1 Å². The molecule has 0 radical (unpaired) electrons. The van der Waals surface area contributed by atoms with Crippen molar-refractivity contribution in [3.8, 4) is 0 Å². The highest BCUT2D eigenvalue weighted by Crippen LogP contribution is 2.10. The second kappa shape index (κ2) is 4.62. The highest BCUT2D eigenvalue weighted by molar-refractivity contribution is 4.98. The molecule has 78 valence electrons. The van der Waals surface area contributed by atoms with Gasteiger partial charge in [0.1, 0.15) is 5.76 Å². The second-order valence-corrected chi connectivity index (χ2v) is 3.93. The molecular weight excluding hydrogens is 176 g/mol. The van der Waals surface area contributed by atoms with Gasteiger partial charge in [-0.3, -0.25) is 4.90 Å². The number of nitrogens with zero attached hydrogens (tertiary/aromatic N) is 1. The van der Waals surface area contributed by atoms with Crippen molar-refractivity contribution >= 4 is 0 Å². The fourth-order valence-corrected chi connectivity index (χ4v) is 1.77. The first-order chi connectivity index (χ1) is 6.88. The monoisotopic (exact) mass is 194 g/mol. The summed E-state index contributed by atoms with van der Waals surface area (Å²) in [6.45, 7) is 7.78. The molecule has 1 aromatic heterocycles. The summed E-state index contributed by atoms with van der Waals surface area (Å²) < 4.78 is 5.34. The first-order valence-electron chi connectivity index (χ1n) is 5.34. The molecule has 1 saturated heterocycles. The summed E-state index contributed by atoms with van der Waals surface area (Å²) in [6, 6.07) is 4.00. The Hall–Kier alpha value is -0.800. The lowest BCUT2D eigenvalue weighted by molar-refractivity contribution is 0.183. The van der Waals surface area contributed by atoms with Crippen LogP contribution in [0.5, 0.6) is 0 Å². The van der Waals surface area contributed by atoms with E-state index in [-0.39, 0.29) is 0 Å². The molecule has 0 spiro atoms. The maximum absolute atomic E-state index is 5.34. The van der Waals surface area contributed by atoms with E-state index in [1.54, 1.807) is 6.26 Å². The van der Waals surface area contributed by atoms with Crippen molar-refractivity contribution in [2.45, 2.75) is 13.5 Å². The molecule has 2 rings (SSSR count). The third kappa shape index (κ3) is 2.36. The maximum atomic E-state index is 5.34. The molecule has 0 atom stereocenters. The molecular formula is C11H18N2O. The zero-order chi connectivity index (χ0) is 9.80. The molecule has 1 fully saturated rings. The number of nitrogens with one attached hydrogen (secondary N) is 1. The van der Waals surface area contributed by atoms with Crippen molar-refractivity contribution < 1.29 is 4.42 Å². The average Bonchev–Trinajstić information content (AvgIpc) is 2.61. The van der Waals surface area contributed by atoms with Gasteiger partial charge in [-0.15, -0.1) is 0 Å². The van der Waals surface area contributed by atoms with Crippen molar-refractivity contribution in [3.05, 3.63) is 24.2 Å². The second-order valence-electron chi connectivity index (χ2n) is 3.93. The summed E-state index contributed by atoms with van der Waals surface area (Å²) in [5.41, 5.74) is 0. The molecule has 0 amide bonds. The van der Waals surface area contributed by atoms with Crippen molar-refractivity contribution in [2.75, 3.05) is 26.2 Å². The molecule has 0 aliphatic carbocycles. The number of hydrogen-bond donors (Lipinski definition) is 1. The van der Waals surface area contributed by atoms with E-state index in [1.165, 1.54) is 19.6 Å². The van der Waals surface area contributed by atoms with Crippen LogP contribution in [-0.2, 0) is 6.54 Å². The first-order valence-corrected chi connectivity index (χ1v) is 5.34. The van der Waals surface area contributed by atoms with E-state index >= 15 is 0 Å². The minimum absolute atomic E-state index is 0.838. The van der Waals surface area contributed by atoms with Crippen LogP contribution >= 0.6 is 0 Å². The van der Waals surface area contributed by atoms with E-state index in [9.17, 15) is 0 Å². The molecule has 3 heteroatoms. The number of hydrogen-bond acceptors (Lipinski definition) is 3. The Morgan fingerprint density at radius 2 is 2.43 bits per heavy atom. The highest BCUT2D eigenvalue weighted by Gasteiger charge is 2.19. The maximum Gasteiger partial charge on any atom is 0.117 e. The fourth-order valence-electron chi connectivity index (χ4n) is 1.77. The van der Waals surface area contributed by atoms with Gasteiger partial charge in [-0.2, -0.15) is 0 Å². The van der Waals surface area contributed by atoms with Gasteiger partial charge >= 0.3 is 0 Å². The predicted molar refractivity (Wildman–Crippen MR) is 56.0 cm³/mol. The van der Waals surface area contributed by atoms with Gasteiger partial charge < -0.3 is 9.73 Å². The van der Waals surface area contributed by atoms with Crippen LogP contribution in [0.3, 0.4) is 0 Å². The third-order valence-corrected chi connectivity index (χ3v) is 2.79. The zero-order valence-electron chi connectivity index (χ0n) is 8.70. The largest absolute Gasteiger partial charge is 0.468 e. The fraction of sp³-hybridized carbons (Fsp3) is 0.636. The van der Waals surface area contributed by atoms with Gasteiger partial charge in [0, 0.05) is 19.6 Å². The Morgan fingerprint density at radius 3 is 2.93 bits per heavy atom. The third-order valence-electron chi connectivity index (χ3n) is 2.79. The van der Waals surface area contributed by atoms with E-state index < -0.39 is 0 Å². The quantitative estimate of drug-likeness (QED) is 0.766. The first kappa shape index (κ1) is 9.74. The van der Waals surface area contributed by atoms with Crippen LogP contribution in [0.4, 0.5) is 0 Å². The van der Waals surface area contributed by atoms with Crippen molar-refractivity contribution in [2.24, 2.45) is 5.92 Å². The molecule has 1 N–H and O–H groups in total. The summed E-state index contributed by atoms with van der Waals surface area (Å²) in [4.78, 5) is 2.43. The van der Waals surface area contributed by atoms with E-state index in [1.807, 2.05) is 12.1 Å². The summed E-state index contributed by atoms with van der Waals surface area (Å²) in [7, 11) is 0. The van der Waals surface area contributed by atoms with Crippen LogP contribution in [0.2, 0.25) is 0 Å². The highest BCUT2D eigenvalue weighted by atomic mass is 16.3. The molecule has 14 heavy (non-hydrogen) atoms. The Bertz CT molecular complexity index is 254. The van der Waals surface area contributed by atoms with Crippen LogP contribution in [0.1, 0.15) is 12.7 Å². The van der Waals surface area contributed by atoms with E-state index in [0.29, 0.717) is 0 Å². The Morgan fingerprint density at radius 1 is 1.57 bits per heavy atom. The van der Waals surface area contributed by atoms with Gasteiger partial charge in [-0.05, 0) is 24.6 Å². The van der Waals surface area contributed by atoms with Gasteiger partial charge in [0.25, 0.3) is 0 Å². The predicted octanol–water partition coefficient (Wildman–Crippen LogP) is 1.32. The Labute approximate surface area is 85.1 Å². The molecule has 0 saturated carbocycles. The molecule has 1 aromatic rings. The Balaban J connectivity index is 1.80. The van der Waals surface area contributed by atoms with Crippen LogP contribution in [0, 0.1) is 5.92 Å². The van der Waals surface area contributed by atoms with Gasteiger partial charge in [-0.25, -0.2) is 0 Å². The van der Waals surface area contributed by atoms with Gasteiger partial charge in [-0.1, -0.05) is 6.92 Å². The lowest BCUT2D eigenvalue weighted by Crippen LogP contribution is -2.48. The summed E-state index contributed by atoms with van der Waals surface area (Å²) >= 11 is 0. The molecule has 3 nitrogen and oxygen atoms in total. The molecule has 2 heterocycles. The van der Waals surface area contributed by atoms with Gasteiger partial charge in [0.05, 0.1) is 12.8 Å². The minimum Gasteiger partial charge on any atom is -0.468 e. The van der Waals surface area contributed by atoms with Crippen molar-refractivity contribution in [1.82, 2.24) is 10.2 Å². The van der Waals surface area contributed by atoms with Crippen LogP contribution in [0.25, 0.3) is 0 Å². The van der Waals surface area contributed by atoms with E-state index in [4.69, 9.17) is 4.42 Å². The summed E-state index contributed by atoms with van der Waals surface area (Å²) in [5, 5.41) is 3.30. The van der Waals surface area contributed by atoms with Crippen molar-refractivity contribution in [3.63, 3.8) is 0 Å². The van der Waals surface area contributed by atoms with Crippen LogP contribution in [-0.4, -0.2) is 31.1 Å². The minimum atomic E-state index is 0.838. The molecule has 0 unspecified atom stereocenters. The van der Waals surface area contributed by atoms with Crippen LogP contribution < -0.4 is 5.32 Å². The molecule has 0 bridgehead atoms. The van der Waals surface area contributed by atoms with E-state index in [0.717, 1.165) is 24.8 Å². The van der Waals surface area contributed by atoms with Gasteiger partial charge in [0.15, 0.2) is 0 Å².